The molecule has 3 N–H and O–H groups in total. The molecule has 1 aromatic heterocycles. The molecule has 3 rings (SSSR count). The molecule has 2 aromatic rings. The number of ether oxygens (including phenoxy) is 1. The highest BCUT2D eigenvalue weighted by molar-refractivity contribution is 5.90. The van der Waals surface area contributed by atoms with Crippen LogP contribution in [0, 0.1) is 5.82 Å². The molecule has 0 saturated carbocycles. The van der Waals surface area contributed by atoms with Crippen LogP contribution in [0.5, 0.6) is 0 Å². The van der Waals surface area contributed by atoms with E-state index in [1.54, 1.807) is 30.5 Å². The van der Waals surface area contributed by atoms with E-state index in [2.05, 4.69) is 10.3 Å². The van der Waals surface area contributed by atoms with Crippen molar-refractivity contribution in [2.45, 2.75) is 19.6 Å². The van der Waals surface area contributed by atoms with Gasteiger partial charge in [0.2, 0.25) is 5.91 Å². The minimum atomic E-state index is -0.568. The first kappa shape index (κ1) is 17.8. The Balaban J connectivity index is 1.76. The number of benzene rings is 1. The van der Waals surface area contributed by atoms with Crippen LogP contribution in [0.15, 0.2) is 36.5 Å². The van der Waals surface area contributed by atoms with E-state index < -0.39 is 18.0 Å². The summed E-state index contributed by atoms with van der Waals surface area (Å²) in [5.41, 5.74) is 7.63. The summed E-state index contributed by atoms with van der Waals surface area (Å²) in [7, 11) is 0. The maximum Gasteiger partial charge on any atom is 0.414 e. The number of amides is 2. The van der Waals surface area contributed by atoms with Crippen LogP contribution in [0.1, 0.15) is 12.6 Å². The van der Waals surface area contributed by atoms with Gasteiger partial charge in [-0.25, -0.2) is 9.18 Å². The van der Waals surface area contributed by atoms with Crippen LogP contribution >= 0.6 is 0 Å². The number of nitrogens with two attached hydrogens (primary N) is 1. The summed E-state index contributed by atoms with van der Waals surface area (Å²) in [5, 5.41) is 2.60. The number of rotatable bonds is 5. The summed E-state index contributed by atoms with van der Waals surface area (Å²) in [4.78, 5) is 28.5. The van der Waals surface area contributed by atoms with Gasteiger partial charge >= 0.3 is 6.09 Å². The molecule has 0 unspecified atom stereocenters. The number of carbonyl (C=O) groups is 2. The Labute approximate surface area is 150 Å². The number of pyridine rings is 1. The zero-order valence-corrected chi connectivity index (χ0v) is 14.2. The molecule has 7 nitrogen and oxygen atoms in total. The summed E-state index contributed by atoms with van der Waals surface area (Å²) < 4.78 is 19.7. The topological polar surface area (TPSA) is 97.5 Å². The van der Waals surface area contributed by atoms with Crippen molar-refractivity contribution in [1.29, 1.82) is 0 Å². The van der Waals surface area contributed by atoms with E-state index in [0.717, 1.165) is 5.69 Å². The van der Waals surface area contributed by atoms with Crippen molar-refractivity contribution < 1.29 is 18.7 Å². The monoisotopic (exact) mass is 358 g/mol. The average molecular weight is 358 g/mol. The van der Waals surface area contributed by atoms with Crippen LogP contribution in [0.4, 0.5) is 14.9 Å². The second kappa shape index (κ2) is 7.49. The number of aromatic nitrogens is 1. The number of halogens is 1. The second-order valence-corrected chi connectivity index (χ2v) is 5.96. The molecule has 1 atom stereocenters. The third-order valence-corrected chi connectivity index (χ3v) is 4.06. The SMILES string of the molecule is CC(=O)NC[C@H]1CN(c2ccc(-c3ccc(CN)nc3)c(F)c2)C(=O)O1. The molecule has 136 valence electrons. The standard InChI is InChI=1S/C18H19FN4O3/c1-11(24)21-9-15-10-23(18(25)26-15)14-4-5-16(17(19)6-14)12-2-3-13(7-20)22-8-12/h2-6,8,15H,7,9-10,20H2,1H3,(H,21,24)/t15-/m0/s1. The number of carbonyl (C=O) groups excluding carboxylic acids is 2. The fraction of sp³-hybridized carbons (Fsp3) is 0.278. The molecule has 1 aromatic carbocycles. The third kappa shape index (κ3) is 3.80. The zero-order valence-electron chi connectivity index (χ0n) is 14.2. The van der Waals surface area contributed by atoms with Gasteiger partial charge in [-0.15, -0.1) is 0 Å². The first-order valence-corrected chi connectivity index (χ1v) is 8.15. The van der Waals surface area contributed by atoms with Crippen molar-refractivity contribution in [1.82, 2.24) is 10.3 Å². The molecule has 0 spiro atoms. The number of anilines is 1. The average Bonchev–Trinajstić information content (AvgIpc) is 3.01. The molecule has 1 fully saturated rings. The van der Waals surface area contributed by atoms with Crippen molar-refractivity contribution in [2.75, 3.05) is 18.0 Å². The van der Waals surface area contributed by atoms with Crippen molar-refractivity contribution in [3.8, 4) is 11.1 Å². The lowest BCUT2D eigenvalue weighted by atomic mass is 10.1. The number of nitrogens with zero attached hydrogens (tertiary/aromatic N) is 2. The van der Waals surface area contributed by atoms with Gasteiger partial charge in [-0.1, -0.05) is 6.07 Å². The van der Waals surface area contributed by atoms with Crippen LogP contribution in [0.25, 0.3) is 11.1 Å². The van der Waals surface area contributed by atoms with Crippen LogP contribution in [-0.4, -0.2) is 36.2 Å². The van der Waals surface area contributed by atoms with E-state index in [-0.39, 0.29) is 19.0 Å². The number of hydrogen-bond acceptors (Lipinski definition) is 5. The minimum Gasteiger partial charge on any atom is -0.442 e. The molecule has 1 aliphatic heterocycles. The molecule has 26 heavy (non-hydrogen) atoms. The van der Waals surface area contributed by atoms with Crippen LogP contribution in [0.2, 0.25) is 0 Å². The van der Waals surface area contributed by atoms with Gasteiger partial charge < -0.3 is 15.8 Å². The molecule has 2 heterocycles. The van der Waals surface area contributed by atoms with Gasteiger partial charge in [-0.3, -0.25) is 14.7 Å². The highest BCUT2D eigenvalue weighted by atomic mass is 19.1. The first-order chi connectivity index (χ1) is 12.5. The van der Waals surface area contributed by atoms with Crippen molar-refractivity contribution >= 4 is 17.7 Å². The molecule has 0 aliphatic carbocycles. The maximum absolute atomic E-state index is 14.6. The Hall–Kier alpha value is -3.00. The van der Waals surface area contributed by atoms with Gasteiger partial charge in [0, 0.05) is 30.8 Å². The van der Waals surface area contributed by atoms with Gasteiger partial charge in [-0.05, 0) is 24.3 Å². The lowest BCUT2D eigenvalue weighted by Gasteiger charge is -2.14. The Morgan fingerprint density at radius 1 is 1.42 bits per heavy atom. The van der Waals surface area contributed by atoms with E-state index in [0.29, 0.717) is 23.4 Å². The van der Waals surface area contributed by atoms with Gasteiger partial charge in [-0.2, -0.15) is 0 Å². The zero-order chi connectivity index (χ0) is 18.7. The normalized spacial score (nSPS) is 16.5. The fourth-order valence-corrected chi connectivity index (χ4v) is 2.71. The molecular weight excluding hydrogens is 339 g/mol. The van der Waals surface area contributed by atoms with Gasteiger partial charge in [0.1, 0.15) is 11.9 Å². The predicted octanol–water partition coefficient (Wildman–Crippen LogP) is 1.81. The Bertz CT molecular complexity index is 826. The molecule has 0 bridgehead atoms. The highest BCUT2D eigenvalue weighted by Gasteiger charge is 2.32. The van der Waals surface area contributed by atoms with E-state index in [1.807, 2.05) is 0 Å². The summed E-state index contributed by atoms with van der Waals surface area (Å²) in [5.74, 6) is -0.674. The minimum absolute atomic E-state index is 0.204. The first-order valence-electron chi connectivity index (χ1n) is 8.15. The van der Waals surface area contributed by atoms with Crippen molar-refractivity contribution in [3.63, 3.8) is 0 Å². The number of hydrogen-bond donors (Lipinski definition) is 2. The second-order valence-electron chi connectivity index (χ2n) is 5.96. The van der Waals surface area contributed by atoms with E-state index in [4.69, 9.17) is 10.5 Å². The summed E-state index contributed by atoms with van der Waals surface area (Å²) in [6, 6.07) is 8.03. The van der Waals surface area contributed by atoms with Crippen LogP contribution < -0.4 is 16.0 Å². The van der Waals surface area contributed by atoms with Gasteiger partial charge in [0.05, 0.1) is 24.5 Å². The van der Waals surface area contributed by atoms with Crippen LogP contribution in [-0.2, 0) is 16.1 Å². The fourth-order valence-electron chi connectivity index (χ4n) is 2.71. The lowest BCUT2D eigenvalue weighted by Crippen LogP contribution is -2.33. The van der Waals surface area contributed by atoms with E-state index in [9.17, 15) is 14.0 Å². The smallest absolute Gasteiger partial charge is 0.414 e. The van der Waals surface area contributed by atoms with Crippen molar-refractivity contribution in [2.24, 2.45) is 5.73 Å². The quantitative estimate of drug-likeness (QED) is 0.849. The van der Waals surface area contributed by atoms with E-state index >= 15 is 0 Å². The number of cyclic esters (lactones) is 1. The molecule has 1 saturated heterocycles. The van der Waals surface area contributed by atoms with E-state index in [1.165, 1.54) is 17.9 Å². The molecule has 1 aliphatic rings. The largest absolute Gasteiger partial charge is 0.442 e. The summed E-state index contributed by atoms with van der Waals surface area (Å²) in [6.07, 6.45) is 0.525. The Morgan fingerprint density at radius 3 is 2.85 bits per heavy atom. The number of nitrogens with one attached hydrogen (secondary N) is 1. The van der Waals surface area contributed by atoms with Crippen LogP contribution in [0.3, 0.4) is 0 Å². The molecular formula is C18H19FN4O3. The third-order valence-electron chi connectivity index (χ3n) is 4.06. The van der Waals surface area contributed by atoms with Gasteiger partial charge in [0.25, 0.3) is 0 Å². The Kier molecular flexibility index (Phi) is 5.13. The Morgan fingerprint density at radius 2 is 2.23 bits per heavy atom. The molecule has 0 radical (unpaired) electrons. The maximum atomic E-state index is 14.6. The van der Waals surface area contributed by atoms with Gasteiger partial charge in [0.15, 0.2) is 0 Å². The van der Waals surface area contributed by atoms with Crippen molar-refractivity contribution in [3.05, 3.63) is 48.0 Å². The molecule has 8 heteroatoms. The highest BCUT2D eigenvalue weighted by Crippen LogP contribution is 2.28. The predicted molar refractivity (Wildman–Crippen MR) is 93.8 cm³/mol. The summed E-state index contributed by atoms with van der Waals surface area (Å²) >= 11 is 0. The summed E-state index contributed by atoms with van der Waals surface area (Å²) in [6.45, 7) is 2.16. The lowest BCUT2D eigenvalue weighted by molar-refractivity contribution is -0.119. The molecule has 2 amide bonds.